The average Bonchev–Trinajstić information content (AvgIpc) is 2.72. The molecule has 70 valence electrons. The second-order valence-corrected chi connectivity index (χ2v) is 3.26. The van der Waals surface area contributed by atoms with E-state index in [1.807, 2.05) is 59.9 Å². The molecule has 0 saturated carbocycles. The second kappa shape index (κ2) is 3.47. The summed E-state index contributed by atoms with van der Waals surface area (Å²) in [5, 5.41) is 0. The van der Waals surface area contributed by atoms with Crippen LogP contribution in [0.15, 0.2) is 36.7 Å². The molecular formula is C12H12N2. The van der Waals surface area contributed by atoms with Gasteiger partial charge < -0.3 is 9.13 Å². The normalized spacial score (nSPS) is 9.57. The Labute approximate surface area is 83.8 Å². The molecule has 0 amide bonds. The van der Waals surface area contributed by atoms with Gasteiger partial charge in [-0.3, -0.25) is 0 Å². The molecule has 0 radical (unpaired) electrons. The molecule has 0 bridgehead atoms. The maximum absolute atomic E-state index is 3.13. The molecule has 14 heavy (non-hydrogen) atoms. The van der Waals surface area contributed by atoms with Crippen molar-refractivity contribution in [2.24, 2.45) is 14.1 Å². The minimum absolute atomic E-state index is 1.03. The van der Waals surface area contributed by atoms with Crippen molar-refractivity contribution >= 4 is 0 Å². The van der Waals surface area contributed by atoms with Crippen LogP contribution in [0.4, 0.5) is 0 Å². The molecule has 2 aromatic heterocycles. The summed E-state index contributed by atoms with van der Waals surface area (Å²) in [6.07, 6.45) is 3.99. The molecule has 0 atom stereocenters. The molecule has 2 nitrogen and oxygen atoms in total. The molecule has 2 heteroatoms. The summed E-state index contributed by atoms with van der Waals surface area (Å²) in [7, 11) is 3.99. The lowest BCUT2D eigenvalue weighted by molar-refractivity contribution is 0.906. The third-order valence-electron chi connectivity index (χ3n) is 2.21. The second-order valence-electron chi connectivity index (χ2n) is 3.26. The molecule has 2 aromatic rings. The fourth-order valence-corrected chi connectivity index (χ4v) is 1.31. The number of aromatic nitrogens is 2. The fourth-order valence-electron chi connectivity index (χ4n) is 1.31. The Morgan fingerprint density at radius 1 is 0.857 bits per heavy atom. The van der Waals surface area contributed by atoms with Crippen molar-refractivity contribution < 1.29 is 0 Å². The lowest BCUT2D eigenvalue weighted by Gasteiger charge is -1.93. The van der Waals surface area contributed by atoms with Gasteiger partial charge in [0.2, 0.25) is 0 Å². The van der Waals surface area contributed by atoms with E-state index in [2.05, 4.69) is 11.8 Å². The number of nitrogens with zero attached hydrogens (tertiary/aromatic N) is 2. The van der Waals surface area contributed by atoms with Crippen LogP contribution in [0.3, 0.4) is 0 Å². The van der Waals surface area contributed by atoms with E-state index >= 15 is 0 Å². The van der Waals surface area contributed by atoms with Crippen molar-refractivity contribution in [1.29, 1.82) is 0 Å². The minimum atomic E-state index is 1.03. The Bertz CT molecular complexity index is 447. The van der Waals surface area contributed by atoms with E-state index < -0.39 is 0 Å². The third kappa shape index (κ3) is 1.57. The van der Waals surface area contributed by atoms with E-state index in [4.69, 9.17) is 0 Å². The van der Waals surface area contributed by atoms with Gasteiger partial charge in [-0.15, -0.1) is 0 Å². The van der Waals surface area contributed by atoms with E-state index in [-0.39, 0.29) is 0 Å². The van der Waals surface area contributed by atoms with Crippen molar-refractivity contribution in [3.63, 3.8) is 0 Å². The Morgan fingerprint density at radius 2 is 1.29 bits per heavy atom. The number of aryl methyl sites for hydroxylation is 2. The number of hydrogen-bond donors (Lipinski definition) is 0. The molecule has 0 fully saturated rings. The van der Waals surface area contributed by atoms with Gasteiger partial charge in [0.25, 0.3) is 0 Å². The molecular weight excluding hydrogens is 172 g/mol. The van der Waals surface area contributed by atoms with Gasteiger partial charge in [0.05, 0.1) is 11.4 Å². The van der Waals surface area contributed by atoms with Gasteiger partial charge in [0.15, 0.2) is 0 Å². The average molecular weight is 184 g/mol. The van der Waals surface area contributed by atoms with E-state index in [0.29, 0.717) is 0 Å². The van der Waals surface area contributed by atoms with Crippen molar-refractivity contribution in [2.45, 2.75) is 0 Å². The molecule has 0 aliphatic carbocycles. The zero-order valence-electron chi connectivity index (χ0n) is 8.36. The molecule has 0 unspecified atom stereocenters. The van der Waals surface area contributed by atoms with Crippen LogP contribution in [-0.2, 0) is 14.1 Å². The lowest BCUT2D eigenvalue weighted by atomic mass is 10.3. The summed E-state index contributed by atoms with van der Waals surface area (Å²) < 4.78 is 4.02. The van der Waals surface area contributed by atoms with Crippen LogP contribution in [0.2, 0.25) is 0 Å². The quantitative estimate of drug-likeness (QED) is 0.552. The largest absolute Gasteiger partial charge is 0.344 e. The van der Waals surface area contributed by atoms with E-state index in [1.165, 1.54) is 0 Å². The van der Waals surface area contributed by atoms with Gasteiger partial charge in [-0.25, -0.2) is 0 Å². The molecule has 0 aromatic carbocycles. The molecule has 0 aliphatic heterocycles. The van der Waals surface area contributed by atoms with Crippen LogP contribution < -0.4 is 0 Å². The standard InChI is InChI=1S/C12H12N2/c1-13-9-3-5-11(13)7-8-12-6-4-10-14(12)2/h3-6,9-10H,1-2H3. The summed E-state index contributed by atoms with van der Waals surface area (Å²) >= 11 is 0. The number of hydrogen-bond acceptors (Lipinski definition) is 0. The highest BCUT2D eigenvalue weighted by atomic mass is 14.9. The van der Waals surface area contributed by atoms with E-state index in [1.54, 1.807) is 0 Å². The summed E-state index contributed by atoms with van der Waals surface area (Å²) in [6, 6.07) is 8.01. The molecule has 0 aliphatic rings. The zero-order valence-corrected chi connectivity index (χ0v) is 8.36. The Morgan fingerprint density at radius 3 is 1.57 bits per heavy atom. The van der Waals surface area contributed by atoms with Crippen LogP contribution in [-0.4, -0.2) is 9.13 Å². The third-order valence-corrected chi connectivity index (χ3v) is 2.21. The van der Waals surface area contributed by atoms with Crippen LogP contribution in [0, 0.1) is 11.8 Å². The maximum Gasteiger partial charge on any atom is 0.0921 e. The van der Waals surface area contributed by atoms with Crippen molar-refractivity contribution in [3.8, 4) is 11.8 Å². The molecule has 0 spiro atoms. The van der Waals surface area contributed by atoms with Crippen LogP contribution >= 0.6 is 0 Å². The summed E-state index contributed by atoms with van der Waals surface area (Å²) in [5.74, 6) is 6.26. The topological polar surface area (TPSA) is 9.86 Å². The molecule has 0 saturated heterocycles. The van der Waals surface area contributed by atoms with Crippen LogP contribution in [0.5, 0.6) is 0 Å². The summed E-state index contributed by atoms with van der Waals surface area (Å²) in [4.78, 5) is 0. The first-order chi connectivity index (χ1) is 6.77. The summed E-state index contributed by atoms with van der Waals surface area (Å²) in [6.45, 7) is 0. The smallest absolute Gasteiger partial charge is 0.0921 e. The minimum Gasteiger partial charge on any atom is -0.344 e. The SMILES string of the molecule is Cn1cccc1C#Cc1cccn1C. The first-order valence-corrected chi connectivity index (χ1v) is 4.52. The first kappa shape index (κ1) is 8.71. The predicted molar refractivity (Wildman–Crippen MR) is 56.8 cm³/mol. The van der Waals surface area contributed by atoms with Crippen LogP contribution in [0.25, 0.3) is 0 Å². The maximum atomic E-state index is 3.13. The van der Waals surface area contributed by atoms with Gasteiger partial charge in [-0.05, 0) is 36.1 Å². The summed E-state index contributed by atoms with van der Waals surface area (Å²) in [5.41, 5.74) is 2.07. The lowest BCUT2D eigenvalue weighted by Crippen LogP contribution is -1.90. The Balaban J connectivity index is 2.31. The Hall–Kier alpha value is -1.88. The predicted octanol–water partition coefficient (Wildman–Crippen LogP) is 1.76. The highest BCUT2D eigenvalue weighted by Gasteiger charge is 1.92. The van der Waals surface area contributed by atoms with Gasteiger partial charge in [-0.2, -0.15) is 0 Å². The van der Waals surface area contributed by atoms with Crippen LogP contribution in [0.1, 0.15) is 11.4 Å². The Kier molecular flexibility index (Phi) is 2.16. The number of rotatable bonds is 0. The first-order valence-electron chi connectivity index (χ1n) is 4.52. The highest BCUT2D eigenvalue weighted by molar-refractivity contribution is 5.37. The van der Waals surface area contributed by atoms with Gasteiger partial charge >= 0.3 is 0 Å². The fraction of sp³-hybridized carbons (Fsp3) is 0.167. The van der Waals surface area contributed by atoms with Crippen molar-refractivity contribution in [2.75, 3.05) is 0 Å². The monoisotopic (exact) mass is 184 g/mol. The van der Waals surface area contributed by atoms with Gasteiger partial charge in [-0.1, -0.05) is 0 Å². The van der Waals surface area contributed by atoms with Crippen molar-refractivity contribution in [1.82, 2.24) is 9.13 Å². The van der Waals surface area contributed by atoms with Gasteiger partial charge in [0, 0.05) is 26.5 Å². The van der Waals surface area contributed by atoms with Gasteiger partial charge in [0.1, 0.15) is 0 Å². The highest BCUT2D eigenvalue weighted by Crippen LogP contribution is 1.99. The van der Waals surface area contributed by atoms with E-state index in [0.717, 1.165) is 11.4 Å². The molecule has 2 heterocycles. The zero-order chi connectivity index (χ0) is 9.97. The van der Waals surface area contributed by atoms with E-state index in [9.17, 15) is 0 Å². The molecule has 0 N–H and O–H groups in total. The molecule has 2 rings (SSSR count). The van der Waals surface area contributed by atoms with Crippen molar-refractivity contribution in [3.05, 3.63) is 48.0 Å².